The summed E-state index contributed by atoms with van der Waals surface area (Å²) in [5, 5.41) is 21.2. The van der Waals surface area contributed by atoms with Crippen LogP contribution in [0.2, 0.25) is 0 Å². The molecular formula is C16H12O4. The van der Waals surface area contributed by atoms with E-state index in [1.807, 2.05) is 24.3 Å². The lowest BCUT2D eigenvalue weighted by atomic mass is 10.0. The number of carbonyl (C=O) groups is 1. The number of benzene rings is 2. The average Bonchev–Trinajstić information content (AvgIpc) is 2.81. The highest BCUT2D eigenvalue weighted by molar-refractivity contribution is 6.00. The molecule has 0 radical (unpaired) electrons. The number of fused-ring (bicyclic) bond motifs is 1. The van der Waals surface area contributed by atoms with E-state index in [1.165, 1.54) is 6.26 Å². The topological polar surface area (TPSA) is 70.7 Å². The molecule has 1 heterocycles. The van der Waals surface area contributed by atoms with Crippen molar-refractivity contribution >= 4 is 16.7 Å². The third-order valence-corrected chi connectivity index (χ3v) is 3.33. The van der Waals surface area contributed by atoms with Gasteiger partial charge in [-0.1, -0.05) is 30.3 Å². The van der Waals surface area contributed by atoms with Crippen molar-refractivity contribution in [1.29, 1.82) is 0 Å². The summed E-state index contributed by atoms with van der Waals surface area (Å²) in [6, 6.07) is 10.9. The van der Waals surface area contributed by atoms with Gasteiger partial charge < -0.3 is 14.6 Å². The summed E-state index contributed by atoms with van der Waals surface area (Å²) in [6.45, 7) is 1.66. The van der Waals surface area contributed by atoms with Gasteiger partial charge in [0.2, 0.25) is 0 Å². The van der Waals surface area contributed by atoms with Gasteiger partial charge in [-0.15, -0.1) is 0 Å². The van der Waals surface area contributed by atoms with Gasteiger partial charge in [-0.05, 0) is 18.4 Å². The molecule has 2 aromatic carbocycles. The van der Waals surface area contributed by atoms with Crippen molar-refractivity contribution < 1.29 is 19.4 Å². The summed E-state index contributed by atoms with van der Waals surface area (Å²) >= 11 is 0. The number of hydrogen-bond donors (Lipinski definition) is 2. The van der Waals surface area contributed by atoms with Gasteiger partial charge in [0.25, 0.3) is 0 Å². The highest BCUT2D eigenvalue weighted by atomic mass is 16.4. The fraction of sp³-hybridized carbons (Fsp3) is 0.0625. The van der Waals surface area contributed by atoms with Gasteiger partial charge in [0.1, 0.15) is 11.3 Å². The van der Waals surface area contributed by atoms with Crippen molar-refractivity contribution in [3.63, 3.8) is 0 Å². The number of furan rings is 1. The molecule has 2 N–H and O–H groups in total. The zero-order valence-corrected chi connectivity index (χ0v) is 10.8. The molecule has 3 rings (SSSR count). The Morgan fingerprint density at radius 1 is 1.15 bits per heavy atom. The molecule has 0 saturated heterocycles. The van der Waals surface area contributed by atoms with Crippen molar-refractivity contribution in [2.24, 2.45) is 0 Å². The predicted octanol–water partition coefficient (Wildman–Crippen LogP) is 3.81. The SMILES string of the molecule is Cc1coc(-c2ccc3ccccc3c2O)c1C(=O)O. The van der Waals surface area contributed by atoms with Gasteiger partial charge in [0.05, 0.1) is 11.8 Å². The van der Waals surface area contributed by atoms with Gasteiger partial charge in [-0.3, -0.25) is 0 Å². The average molecular weight is 268 g/mol. The van der Waals surface area contributed by atoms with E-state index in [0.717, 1.165) is 5.39 Å². The Labute approximate surface area is 114 Å². The molecule has 0 aliphatic heterocycles. The van der Waals surface area contributed by atoms with E-state index in [0.29, 0.717) is 16.5 Å². The number of rotatable bonds is 2. The fourth-order valence-electron chi connectivity index (χ4n) is 2.35. The monoisotopic (exact) mass is 268 g/mol. The quantitative estimate of drug-likeness (QED) is 0.741. The first kappa shape index (κ1) is 12.3. The maximum Gasteiger partial charge on any atom is 0.339 e. The van der Waals surface area contributed by atoms with Crippen molar-refractivity contribution in [3.8, 4) is 17.1 Å². The zero-order valence-electron chi connectivity index (χ0n) is 10.8. The minimum atomic E-state index is -1.07. The molecule has 0 aliphatic rings. The van der Waals surface area contributed by atoms with Crippen LogP contribution in [0.25, 0.3) is 22.1 Å². The summed E-state index contributed by atoms with van der Waals surface area (Å²) in [5.74, 6) is -0.864. The Bertz CT molecular complexity index is 814. The lowest BCUT2D eigenvalue weighted by molar-refractivity contribution is 0.0696. The molecule has 4 heteroatoms. The number of carboxylic acids is 1. The first-order valence-electron chi connectivity index (χ1n) is 6.12. The number of phenols is 1. The van der Waals surface area contributed by atoms with Crippen molar-refractivity contribution in [1.82, 2.24) is 0 Å². The molecule has 0 aliphatic carbocycles. The Hall–Kier alpha value is -2.75. The molecule has 0 bridgehead atoms. The first-order valence-corrected chi connectivity index (χ1v) is 6.12. The number of aryl methyl sites for hydroxylation is 1. The van der Waals surface area contributed by atoms with Crippen LogP contribution in [-0.4, -0.2) is 16.2 Å². The lowest BCUT2D eigenvalue weighted by Gasteiger charge is -2.07. The van der Waals surface area contributed by atoms with Crippen molar-refractivity contribution in [3.05, 3.63) is 53.8 Å². The van der Waals surface area contributed by atoms with Crippen LogP contribution in [0.3, 0.4) is 0 Å². The number of phenolic OH excluding ortho intramolecular Hbond substituents is 1. The second-order valence-corrected chi connectivity index (χ2v) is 4.61. The summed E-state index contributed by atoms with van der Waals surface area (Å²) < 4.78 is 5.33. The molecular weight excluding hydrogens is 256 g/mol. The highest BCUT2D eigenvalue weighted by Gasteiger charge is 2.22. The molecule has 100 valence electrons. The summed E-state index contributed by atoms with van der Waals surface area (Å²) in [7, 11) is 0. The predicted molar refractivity (Wildman–Crippen MR) is 75.0 cm³/mol. The van der Waals surface area contributed by atoms with Crippen LogP contribution in [-0.2, 0) is 0 Å². The maximum atomic E-state index is 11.3. The summed E-state index contributed by atoms with van der Waals surface area (Å²) in [5.41, 5.74) is 0.991. The maximum absolute atomic E-state index is 11.3. The minimum Gasteiger partial charge on any atom is -0.507 e. The van der Waals surface area contributed by atoms with Crippen LogP contribution in [0.5, 0.6) is 5.75 Å². The Balaban J connectivity index is 2.31. The second kappa shape index (κ2) is 4.42. The Morgan fingerprint density at radius 3 is 2.65 bits per heavy atom. The van der Waals surface area contributed by atoms with E-state index < -0.39 is 5.97 Å². The fourth-order valence-corrected chi connectivity index (χ4v) is 2.35. The van der Waals surface area contributed by atoms with Gasteiger partial charge in [0.15, 0.2) is 5.76 Å². The van der Waals surface area contributed by atoms with Crippen molar-refractivity contribution in [2.45, 2.75) is 6.92 Å². The van der Waals surface area contributed by atoms with Gasteiger partial charge >= 0.3 is 5.97 Å². The minimum absolute atomic E-state index is 0.0277. The molecule has 0 fully saturated rings. The zero-order chi connectivity index (χ0) is 14.3. The summed E-state index contributed by atoms with van der Waals surface area (Å²) in [6.07, 6.45) is 1.38. The number of aromatic hydroxyl groups is 1. The molecule has 4 nitrogen and oxygen atoms in total. The van der Waals surface area contributed by atoms with Crippen LogP contribution >= 0.6 is 0 Å². The van der Waals surface area contributed by atoms with Crippen LogP contribution in [0.1, 0.15) is 15.9 Å². The van der Waals surface area contributed by atoms with E-state index in [-0.39, 0.29) is 17.1 Å². The molecule has 0 saturated carbocycles. The Morgan fingerprint density at radius 2 is 1.90 bits per heavy atom. The third-order valence-electron chi connectivity index (χ3n) is 3.33. The second-order valence-electron chi connectivity index (χ2n) is 4.61. The van der Waals surface area contributed by atoms with Crippen LogP contribution in [0.15, 0.2) is 47.1 Å². The number of hydrogen-bond acceptors (Lipinski definition) is 3. The third kappa shape index (κ3) is 1.73. The molecule has 0 amide bonds. The standard InChI is InChI=1S/C16H12O4/c1-9-8-20-15(13(9)16(18)19)12-7-6-10-4-2-3-5-11(10)14(12)17/h2-8,17H,1H3,(H,18,19). The smallest absolute Gasteiger partial charge is 0.339 e. The molecule has 0 spiro atoms. The van der Waals surface area contributed by atoms with E-state index in [9.17, 15) is 15.0 Å². The Kier molecular flexibility index (Phi) is 2.71. The van der Waals surface area contributed by atoms with Crippen molar-refractivity contribution in [2.75, 3.05) is 0 Å². The number of aromatic carboxylic acids is 1. The van der Waals surface area contributed by atoms with Crippen LogP contribution in [0, 0.1) is 6.92 Å². The molecule has 3 aromatic rings. The highest BCUT2D eigenvalue weighted by Crippen LogP contribution is 2.38. The molecule has 0 atom stereocenters. The van der Waals surface area contributed by atoms with Gasteiger partial charge in [-0.2, -0.15) is 0 Å². The normalized spacial score (nSPS) is 10.8. The van der Waals surface area contributed by atoms with Gasteiger partial charge in [0, 0.05) is 10.9 Å². The summed E-state index contributed by atoms with van der Waals surface area (Å²) in [4.78, 5) is 11.3. The van der Waals surface area contributed by atoms with E-state index in [4.69, 9.17) is 4.42 Å². The molecule has 0 unspecified atom stereocenters. The van der Waals surface area contributed by atoms with E-state index in [2.05, 4.69) is 0 Å². The molecule has 20 heavy (non-hydrogen) atoms. The van der Waals surface area contributed by atoms with E-state index in [1.54, 1.807) is 19.1 Å². The van der Waals surface area contributed by atoms with E-state index >= 15 is 0 Å². The molecule has 1 aromatic heterocycles. The number of carboxylic acid groups (broad SMARTS) is 1. The van der Waals surface area contributed by atoms with Gasteiger partial charge in [-0.25, -0.2) is 4.79 Å². The lowest BCUT2D eigenvalue weighted by Crippen LogP contribution is -1.98. The van der Waals surface area contributed by atoms with Crippen LogP contribution in [0.4, 0.5) is 0 Å². The van der Waals surface area contributed by atoms with Crippen LogP contribution < -0.4 is 0 Å². The largest absolute Gasteiger partial charge is 0.507 e. The first-order chi connectivity index (χ1) is 9.59.